The number of nitrogens with two attached hydrogens (primary N) is 1. The molecule has 1 aromatic carbocycles. The Morgan fingerprint density at radius 3 is 2.60 bits per heavy atom. The molecule has 2 N–H and O–H groups in total. The molecule has 1 amide bonds. The number of sulfonamides is 1. The molecular weight excluding hydrogens is 358 g/mol. The van der Waals surface area contributed by atoms with Gasteiger partial charge in [0, 0.05) is 24.9 Å². The van der Waals surface area contributed by atoms with Crippen molar-refractivity contribution in [2.24, 2.45) is 11.1 Å². The van der Waals surface area contributed by atoms with E-state index in [4.69, 9.17) is 5.14 Å². The van der Waals surface area contributed by atoms with Gasteiger partial charge in [-0.2, -0.15) is 0 Å². The highest BCUT2D eigenvalue weighted by atomic mass is 79.9. The topological polar surface area (TPSA) is 80.5 Å². The van der Waals surface area contributed by atoms with Crippen molar-refractivity contribution in [1.29, 1.82) is 0 Å². The Morgan fingerprint density at radius 2 is 2.00 bits per heavy atom. The largest absolute Gasteiger partial charge is 0.309 e. The van der Waals surface area contributed by atoms with Crippen LogP contribution in [0, 0.1) is 17.6 Å². The summed E-state index contributed by atoms with van der Waals surface area (Å²) in [7, 11) is -3.72. The summed E-state index contributed by atoms with van der Waals surface area (Å²) >= 11 is 2.84. The van der Waals surface area contributed by atoms with E-state index >= 15 is 0 Å². The average molecular weight is 369 g/mol. The third-order valence-electron chi connectivity index (χ3n) is 2.95. The normalized spacial score (nSPS) is 19.7. The molecule has 1 fully saturated rings. The minimum atomic E-state index is -3.72. The van der Waals surface area contributed by atoms with Crippen LogP contribution >= 0.6 is 15.9 Å². The smallest absolute Gasteiger partial charge is 0.227 e. The van der Waals surface area contributed by atoms with Crippen LogP contribution in [0.25, 0.3) is 0 Å². The maximum Gasteiger partial charge on any atom is 0.227 e. The highest BCUT2D eigenvalue weighted by molar-refractivity contribution is 9.10. The summed E-state index contributed by atoms with van der Waals surface area (Å²) in [5.74, 6) is -2.81. The summed E-state index contributed by atoms with van der Waals surface area (Å²) in [5, 5.41) is 4.92. The van der Waals surface area contributed by atoms with Crippen molar-refractivity contribution in [3.63, 3.8) is 0 Å². The van der Waals surface area contributed by atoms with Crippen LogP contribution in [0.5, 0.6) is 0 Å². The lowest BCUT2D eigenvalue weighted by molar-refractivity contribution is -0.117. The Labute approximate surface area is 122 Å². The minimum Gasteiger partial charge on any atom is -0.309 e. The maximum absolute atomic E-state index is 13.8. The number of benzene rings is 1. The first-order chi connectivity index (χ1) is 9.17. The molecule has 1 unspecified atom stereocenters. The second kappa shape index (κ2) is 5.38. The Hall–Kier alpha value is -1.06. The molecule has 0 saturated carbocycles. The van der Waals surface area contributed by atoms with Crippen LogP contribution in [0.1, 0.15) is 6.42 Å². The summed E-state index contributed by atoms with van der Waals surface area (Å²) in [5.41, 5.74) is -0.201. The van der Waals surface area contributed by atoms with Gasteiger partial charge in [0.15, 0.2) is 0 Å². The van der Waals surface area contributed by atoms with Gasteiger partial charge in [0.2, 0.25) is 15.9 Å². The van der Waals surface area contributed by atoms with Crippen molar-refractivity contribution < 1.29 is 22.0 Å². The number of anilines is 1. The Bertz CT molecular complexity index is 666. The average Bonchev–Trinajstić information content (AvgIpc) is 2.62. The number of rotatable bonds is 3. The first-order valence-corrected chi connectivity index (χ1v) is 8.13. The van der Waals surface area contributed by atoms with E-state index in [0.29, 0.717) is 0 Å². The van der Waals surface area contributed by atoms with Crippen molar-refractivity contribution in [2.45, 2.75) is 6.42 Å². The van der Waals surface area contributed by atoms with Gasteiger partial charge in [-0.15, -0.1) is 0 Å². The zero-order chi connectivity index (χ0) is 15.1. The standard InChI is InChI=1S/C11H11BrF2N2O3S/c12-7-2-9(14)10(3-8(7)13)16-4-6(1-11(16)17)5-20(15,18)19/h2-3,6H,1,4-5H2,(H2,15,18,19). The molecule has 20 heavy (non-hydrogen) atoms. The van der Waals surface area contributed by atoms with Gasteiger partial charge in [-0.05, 0) is 22.0 Å². The number of carbonyl (C=O) groups excluding carboxylic acids is 1. The van der Waals surface area contributed by atoms with Gasteiger partial charge in [-0.25, -0.2) is 22.3 Å². The lowest BCUT2D eigenvalue weighted by atomic mass is 10.1. The summed E-state index contributed by atoms with van der Waals surface area (Å²) in [4.78, 5) is 12.9. The summed E-state index contributed by atoms with van der Waals surface area (Å²) in [6, 6.07) is 1.82. The van der Waals surface area contributed by atoms with Gasteiger partial charge < -0.3 is 4.90 Å². The summed E-state index contributed by atoms with van der Waals surface area (Å²) in [6.07, 6.45) is -0.0620. The quantitative estimate of drug-likeness (QED) is 0.818. The van der Waals surface area contributed by atoms with Crippen LogP contribution in [-0.2, 0) is 14.8 Å². The van der Waals surface area contributed by atoms with Crippen LogP contribution in [0.4, 0.5) is 14.5 Å². The van der Waals surface area contributed by atoms with Gasteiger partial charge in [-0.3, -0.25) is 4.79 Å². The van der Waals surface area contributed by atoms with Crippen LogP contribution in [0.15, 0.2) is 16.6 Å². The summed E-state index contributed by atoms with van der Waals surface area (Å²) in [6.45, 7) is -0.00669. The monoisotopic (exact) mass is 368 g/mol. The Morgan fingerprint density at radius 1 is 1.35 bits per heavy atom. The zero-order valence-corrected chi connectivity index (χ0v) is 12.5. The molecule has 2 rings (SSSR count). The van der Waals surface area contributed by atoms with E-state index in [1.807, 2.05) is 0 Å². The molecule has 1 aromatic rings. The summed E-state index contributed by atoms with van der Waals surface area (Å²) < 4.78 is 49.2. The number of halogens is 3. The molecule has 0 aromatic heterocycles. The maximum atomic E-state index is 13.8. The highest BCUT2D eigenvalue weighted by Gasteiger charge is 2.34. The molecule has 1 aliphatic rings. The number of primary sulfonamides is 1. The molecule has 0 spiro atoms. The molecule has 1 saturated heterocycles. The molecule has 110 valence electrons. The first-order valence-electron chi connectivity index (χ1n) is 5.63. The Balaban J connectivity index is 2.26. The predicted molar refractivity (Wildman–Crippen MR) is 72.5 cm³/mol. The van der Waals surface area contributed by atoms with Crippen molar-refractivity contribution in [3.8, 4) is 0 Å². The van der Waals surface area contributed by atoms with Crippen molar-refractivity contribution in [2.75, 3.05) is 17.2 Å². The zero-order valence-electron chi connectivity index (χ0n) is 10.1. The van der Waals surface area contributed by atoms with Crippen molar-refractivity contribution >= 4 is 37.5 Å². The van der Waals surface area contributed by atoms with E-state index in [0.717, 1.165) is 17.0 Å². The van der Waals surface area contributed by atoms with Gasteiger partial charge in [0.25, 0.3) is 0 Å². The third kappa shape index (κ3) is 3.33. The molecule has 0 bridgehead atoms. The van der Waals surface area contributed by atoms with E-state index in [2.05, 4.69) is 15.9 Å². The fourth-order valence-electron chi connectivity index (χ4n) is 2.17. The molecule has 1 heterocycles. The Kier molecular flexibility index (Phi) is 4.12. The number of carbonyl (C=O) groups is 1. The second-order valence-corrected chi connectivity index (χ2v) is 7.14. The van der Waals surface area contributed by atoms with E-state index in [1.165, 1.54) is 0 Å². The highest BCUT2D eigenvalue weighted by Crippen LogP contribution is 2.31. The number of hydrogen-bond acceptors (Lipinski definition) is 3. The van der Waals surface area contributed by atoms with E-state index in [9.17, 15) is 22.0 Å². The van der Waals surface area contributed by atoms with Crippen LogP contribution in [-0.4, -0.2) is 26.6 Å². The molecule has 0 aliphatic carbocycles. The number of nitrogens with zero attached hydrogens (tertiary/aromatic N) is 1. The van der Waals surface area contributed by atoms with Gasteiger partial charge in [0.05, 0.1) is 15.9 Å². The van der Waals surface area contributed by atoms with Crippen molar-refractivity contribution in [1.82, 2.24) is 0 Å². The molecule has 1 aliphatic heterocycles. The van der Waals surface area contributed by atoms with Gasteiger partial charge >= 0.3 is 0 Å². The van der Waals surface area contributed by atoms with Gasteiger partial charge in [0.1, 0.15) is 11.6 Å². The third-order valence-corrected chi connectivity index (χ3v) is 4.50. The second-order valence-electron chi connectivity index (χ2n) is 4.62. The minimum absolute atomic E-state index is 0.00669. The SMILES string of the molecule is NS(=O)(=O)CC1CC(=O)N(c2cc(F)c(Br)cc2F)C1. The number of hydrogen-bond donors (Lipinski definition) is 1. The predicted octanol–water partition coefficient (Wildman–Crippen LogP) is 1.37. The number of amides is 1. The van der Waals surface area contributed by atoms with E-state index < -0.39 is 33.5 Å². The van der Waals surface area contributed by atoms with E-state index in [1.54, 1.807) is 0 Å². The van der Waals surface area contributed by atoms with Crippen LogP contribution < -0.4 is 10.0 Å². The molecule has 1 atom stereocenters. The fourth-order valence-corrected chi connectivity index (χ4v) is 3.37. The lowest BCUT2D eigenvalue weighted by Crippen LogP contribution is -2.28. The molecule has 0 radical (unpaired) electrons. The van der Waals surface area contributed by atoms with Crippen molar-refractivity contribution in [3.05, 3.63) is 28.2 Å². The first kappa shape index (κ1) is 15.3. The fraction of sp³-hybridized carbons (Fsp3) is 0.364. The van der Waals surface area contributed by atoms with Crippen LogP contribution in [0.2, 0.25) is 0 Å². The van der Waals surface area contributed by atoms with Crippen LogP contribution in [0.3, 0.4) is 0 Å². The van der Waals surface area contributed by atoms with Gasteiger partial charge in [-0.1, -0.05) is 0 Å². The van der Waals surface area contributed by atoms with E-state index in [-0.39, 0.29) is 28.9 Å². The molecule has 5 nitrogen and oxygen atoms in total. The lowest BCUT2D eigenvalue weighted by Gasteiger charge is -2.17. The molecule has 9 heteroatoms. The molecular formula is C11H11BrF2N2O3S.